The first-order valence-electron chi connectivity index (χ1n) is 6.00. The van der Waals surface area contributed by atoms with Crippen LogP contribution in [0, 0.1) is 11.7 Å². The van der Waals surface area contributed by atoms with Gasteiger partial charge >= 0.3 is 0 Å². The number of rotatable bonds is 5. The number of halogens is 1. The van der Waals surface area contributed by atoms with E-state index in [0.717, 1.165) is 6.07 Å². The van der Waals surface area contributed by atoms with Gasteiger partial charge in [-0.15, -0.1) is 0 Å². The van der Waals surface area contributed by atoms with Crippen molar-refractivity contribution in [3.05, 3.63) is 29.6 Å². The molecule has 0 fully saturated rings. The fraction of sp³-hybridized carbons (Fsp3) is 0.385. The lowest BCUT2D eigenvalue weighted by Gasteiger charge is -2.09. The van der Waals surface area contributed by atoms with Crippen molar-refractivity contribution in [3.63, 3.8) is 0 Å². The molecular formula is C13H18FN3O2. The Balaban J connectivity index is 2.47. The van der Waals surface area contributed by atoms with Gasteiger partial charge in [0.25, 0.3) is 5.91 Å². The predicted molar refractivity (Wildman–Crippen MR) is 71.0 cm³/mol. The smallest absolute Gasteiger partial charge is 0.251 e. The number of amides is 2. The predicted octanol–water partition coefficient (Wildman–Crippen LogP) is 0.910. The van der Waals surface area contributed by atoms with E-state index < -0.39 is 11.7 Å². The molecule has 0 aliphatic heterocycles. The number of benzene rings is 1. The summed E-state index contributed by atoms with van der Waals surface area (Å²) in [6, 6.07) is 3.66. The lowest BCUT2D eigenvalue weighted by molar-refractivity contribution is -0.120. The van der Waals surface area contributed by atoms with Crippen LogP contribution in [-0.2, 0) is 4.79 Å². The van der Waals surface area contributed by atoms with E-state index in [4.69, 9.17) is 5.73 Å². The minimum absolute atomic E-state index is 0.100. The molecule has 19 heavy (non-hydrogen) atoms. The Hall–Kier alpha value is -2.11. The summed E-state index contributed by atoms with van der Waals surface area (Å²) in [5.74, 6) is -0.966. The van der Waals surface area contributed by atoms with Gasteiger partial charge in [-0.2, -0.15) is 0 Å². The molecule has 0 spiro atoms. The Morgan fingerprint density at radius 2 is 2.00 bits per heavy atom. The highest BCUT2D eigenvalue weighted by Gasteiger charge is 2.09. The molecule has 1 aromatic carbocycles. The van der Waals surface area contributed by atoms with Gasteiger partial charge in [-0.05, 0) is 24.1 Å². The molecule has 0 heterocycles. The van der Waals surface area contributed by atoms with Crippen molar-refractivity contribution in [2.24, 2.45) is 5.92 Å². The first-order valence-corrected chi connectivity index (χ1v) is 6.00. The molecule has 2 amide bonds. The van der Waals surface area contributed by atoms with E-state index in [1.54, 1.807) is 0 Å². The Morgan fingerprint density at radius 3 is 2.58 bits per heavy atom. The summed E-state index contributed by atoms with van der Waals surface area (Å²) in [5.41, 5.74) is 5.48. The van der Waals surface area contributed by atoms with E-state index in [1.807, 2.05) is 13.8 Å². The van der Waals surface area contributed by atoms with Gasteiger partial charge in [0.2, 0.25) is 5.91 Å². The molecule has 0 bridgehead atoms. The van der Waals surface area contributed by atoms with Crippen LogP contribution < -0.4 is 16.4 Å². The van der Waals surface area contributed by atoms with Gasteiger partial charge in [0.05, 0.1) is 12.2 Å². The molecule has 104 valence electrons. The molecule has 0 saturated carbocycles. The third-order valence-electron chi connectivity index (χ3n) is 2.38. The van der Waals surface area contributed by atoms with Crippen LogP contribution in [0.3, 0.4) is 0 Å². The molecular weight excluding hydrogens is 249 g/mol. The molecule has 5 nitrogen and oxygen atoms in total. The van der Waals surface area contributed by atoms with Crippen molar-refractivity contribution >= 4 is 17.5 Å². The first kappa shape index (κ1) is 14.9. The average molecular weight is 267 g/mol. The Bertz CT molecular complexity index is 475. The number of anilines is 1. The highest BCUT2D eigenvalue weighted by Crippen LogP contribution is 2.11. The topological polar surface area (TPSA) is 84.2 Å². The van der Waals surface area contributed by atoms with Gasteiger partial charge in [0.15, 0.2) is 0 Å². The average Bonchev–Trinajstić information content (AvgIpc) is 2.36. The second-order valence-electron chi connectivity index (χ2n) is 4.62. The standard InChI is InChI=1S/C13H18FN3O2/c1-8(2)6-16-12(18)7-17-13(19)9-3-4-10(14)11(15)5-9/h3-5,8H,6-7,15H2,1-2H3,(H,16,18)(H,17,19). The molecule has 1 rings (SSSR count). The zero-order valence-corrected chi connectivity index (χ0v) is 11.0. The minimum Gasteiger partial charge on any atom is -0.396 e. The van der Waals surface area contributed by atoms with Gasteiger partial charge < -0.3 is 16.4 Å². The van der Waals surface area contributed by atoms with E-state index in [9.17, 15) is 14.0 Å². The number of hydrogen-bond donors (Lipinski definition) is 3. The van der Waals surface area contributed by atoms with Crippen molar-refractivity contribution < 1.29 is 14.0 Å². The number of nitrogen functional groups attached to an aromatic ring is 1. The van der Waals surface area contributed by atoms with Crippen LogP contribution in [0.1, 0.15) is 24.2 Å². The Morgan fingerprint density at radius 1 is 1.32 bits per heavy atom. The van der Waals surface area contributed by atoms with Crippen LogP contribution in [0.5, 0.6) is 0 Å². The van der Waals surface area contributed by atoms with E-state index >= 15 is 0 Å². The molecule has 0 aliphatic rings. The van der Waals surface area contributed by atoms with Gasteiger partial charge in [-0.1, -0.05) is 13.8 Å². The third-order valence-corrected chi connectivity index (χ3v) is 2.38. The summed E-state index contributed by atoms with van der Waals surface area (Å²) < 4.78 is 12.9. The maximum atomic E-state index is 12.9. The lowest BCUT2D eigenvalue weighted by Crippen LogP contribution is -2.38. The minimum atomic E-state index is -0.578. The number of carbonyl (C=O) groups is 2. The maximum Gasteiger partial charge on any atom is 0.251 e. The second-order valence-corrected chi connectivity index (χ2v) is 4.62. The van der Waals surface area contributed by atoms with Crippen molar-refractivity contribution in [1.82, 2.24) is 10.6 Å². The van der Waals surface area contributed by atoms with Crippen LogP contribution in [-0.4, -0.2) is 24.9 Å². The molecule has 0 aliphatic carbocycles. The van der Waals surface area contributed by atoms with Crippen molar-refractivity contribution in [3.8, 4) is 0 Å². The fourth-order valence-corrected chi connectivity index (χ4v) is 1.33. The van der Waals surface area contributed by atoms with Gasteiger partial charge in [0.1, 0.15) is 5.82 Å². The molecule has 0 radical (unpaired) electrons. The molecule has 0 unspecified atom stereocenters. The number of hydrogen-bond acceptors (Lipinski definition) is 3. The van der Waals surface area contributed by atoms with E-state index in [0.29, 0.717) is 12.5 Å². The summed E-state index contributed by atoms with van der Waals surface area (Å²) in [7, 11) is 0. The van der Waals surface area contributed by atoms with Crippen LogP contribution in [0.4, 0.5) is 10.1 Å². The fourth-order valence-electron chi connectivity index (χ4n) is 1.33. The monoisotopic (exact) mass is 267 g/mol. The van der Waals surface area contributed by atoms with Crippen LogP contribution in [0.25, 0.3) is 0 Å². The quantitative estimate of drug-likeness (QED) is 0.693. The summed E-state index contributed by atoms with van der Waals surface area (Å²) in [6.45, 7) is 4.38. The van der Waals surface area contributed by atoms with Crippen molar-refractivity contribution in [2.75, 3.05) is 18.8 Å². The highest BCUT2D eigenvalue weighted by atomic mass is 19.1. The third kappa shape index (κ3) is 4.95. The highest BCUT2D eigenvalue weighted by molar-refractivity contribution is 5.97. The summed E-state index contributed by atoms with van der Waals surface area (Å²) in [6.07, 6.45) is 0. The van der Waals surface area contributed by atoms with Crippen LogP contribution in [0.2, 0.25) is 0 Å². The Kier molecular flexibility index (Phi) is 5.29. The van der Waals surface area contributed by atoms with E-state index in [-0.39, 0.29) is 23.7 Å². The summed E-state index contributed by atoms with van der Waals surface area (Å²) in [5, 5.41) is 5.11. The van der Waals surface area contributed by atoms with Gasteiger partial charge in [0, 0.05) is 12.1 Å². The molecule has 4 N–H and O–H groups in total. The zero-order chi connectivity index (χ0) is 14.4. The molecule has 0 atom stereocenters. The van der Waals surface area contributed by atoms with Crippen LogP contribution >= 0.6 is 0 Å². The summed E-state index contributed by atoms with van der Waals surface area (Å²) in [4.78, 5) is 23.1. The van der Waals surface area contributed by atoms with Gasteiger partial charge in [-0.25, -0.2) is 4.39 Å². The lowest BCUT2D eigenvalue weighted by atomic mass is 10.2. The Labute approximate surface area is 111 Å². The summed E-state index contributed by atoms with van der Waals surface area (Å²) >= 11 is 0. The first-order chi connectivity index (χ1) is 8.90. The number of nitrogens with one attached hydrogen (secondary N) is 2. The number of carbonyl (C=O) groups excluding carboxylic acids is 2. The normalized spacial score (nSPS) is 10.3. The molecule has 6 heteroatoms. The second kappa shape index (κ2) is 6.72. The maximum absolute atomic E-state index is 12.9. The molecule has 0 saturated heterocycles. The SMILES string of the molecule is CC(C)CNC(=O)CNC(=O)c1ccc(F)c(N)c1. The van der Waals surface area contributed by atoms with Crippen molar-refractivity contribution in [1.29, 1.82) is 0 Å². The largest absolute Gasteiger partial charge is 0.396 e. The number of nitrogens with two attached hydrogens (primary N) is 1. The molecule has 0 aromatic heterocycles. The van der Waals surface area contributed by atoms with Gasteiger partial charge in [-0.3, -0.25) is 9.59 Å². The van der Waals surface area contributed by atoms with Crippen molar-refractivity contribution in [2.45, 2.75) is 13.8 Å². The van der Waals surface area contributed by atoms with E-state index in [1.165, 1.54) is 12.1 Å². The van der Waals surface area contributed by atoms with Crippen LogP contribution in [0.15, 0.2) is 18.2 Å². The molecule has 1 aromatic rings. The zero-order valence-electron chi connectivity index (χ0n) is 11.0. The van der Waals surface area contributed by atoms with E-state index in [2.05, 4.69) is 10.6 Å².